The molecule has 22 heteroatoms. The summed E-state index contributed by atoms with van der Waals surface area (Å²) in [4.78, 5) is 76.4. The van der Waals surface area contributed by atoms with Gasteiger partial charge in [-0.15, -0.1) is 22.3 Å². The van der Waals surface area contributed by atoms with Crippen LogP contribution in [-0.4, -0.2) is 73.7 Å². The Labute approximate surface area is 568 Å². The van der Waals surface area contributed by atoms with Gasteiger partial charge in [-0.25, -0.2) is 19.3 Å². The second-order valence-corrected chi connectivity index (χ2v) is 18.1. The van der Waals surface area contributed by atoms with Gasteiger partial charge in [-0.05, 0) is 81.3 Å². The number of esters is 4. The molecule has 0 fully saturated rings. The second-order valence-electron chi connectivity index (χ2n) is 18.1. The summed E-state index contributed by atoms with van der Waals surface area (Å²) in [7, 11) is 0. The van der Waals surface area contributed by atoms with Gasteiger partial charge in [0, 0.05) is 143 Å². The molecule has 0 aliphatic carbocycles. The van der Waals surface area contributed by atoms with E-state index in [1.165, 1.54) is 6.07 Å². The number of benzene rings is 4. The fourth-order valence-corrected chi connectivity index (χ4v) is 6.17. The molecule has 0 aliphatic rings. The van der Waals surface area contributed by atoms with E-state index in [1.54, 1.807) is 118 Å². The summed E-state index contributed by atoms with van der Waals surface area (Å²) in [5, 5.41) is 5.37. The number of hydrogen-bond acceptors (Lipinski definition) is 14. The molecule has 4 aromatic carbocycles. The number of amides is 2. The average molecular weight is 1390 g/mol. The van der Waals surface area contributed by atoms with Crippen LogP contribution in [0.1, 0.15) is 147 Å². The van der Waals surface area contributed by atoms with Crippen molar-refractivity contribution < 1.29 is 188 Å². The van der Waals surface area contributed by atoms with E-state index >= 15 is 0 Å². The Bertz CT molecular complexity index is 2510. The fraction of sp³-hybridized carbons (Fsp3) is 0.439. The van der Waals surface area contributed by atoms with Gasteiger partial charge in [0.25, 0.3) is 0 Å². The third kappa shape index (κ3) is 38.9. The van der Waals surface area contributed by atoms with Gasteiger partial charge in [-0.1, -0.05) is 31.2 Å². The van der Waals surface area contributed by atoms with Gasteiger partial charge >= 0.3 is 36.1 Å². The van der Waals surface area contributed by atoms with Crippen LogP contribution in [-0.2, 0) is 178 Å². The number of hydrogen-bond donors (Lipinski definition) is 4. The molecule has 79 heavy (non-hydrogen) atoms. The first-order valence-corrected chi connectivity index (χ1v) is 24.2. The number of carbonyl (C=O) groups is 6. The van der Waals surface area contributed by atoms with Crippen molar-refractivity contribution in [1.82, 2.24) is 10.6 Å². The smallest absolute Gasteiger partial charge is 0.407 e. The van der Waals surface area contributed by atoms with Crippen molar-refractivity contribution in [3.05, 3.63) is 154 Å². The molecule has 0 heterocycles. The first kappa shape index (κ1) is 82.1. The molecule has 4 aromatic rings. The van der Waals surface area contributed by atoms with Crippen LogP contribution < -0.4 is 22.1 Å². The average Bonchev–Trinajstić information content (AvgIpc) is 3.33. The topological polar surface area (TPSA) is 243 Å². The minimum atomic E-state index is -0.651. The maximum Gasteiger partial charge on any atom is 0.407 e. The summed E-state index contributed by atoms with van der Waals surface area (Å²) >= 11 is 0. The summed E-state index contributed by atoms with van der Waals surface area (Å²) < 4.78 is 30.0. The first-order valence-electron chi connectivity index (χ1n) is 24.2. The number of alkyl carbamates (subject to hydrolysis) is 2. The Morgan fingerprint density at radius 3 is 1.22 bits per heavy atom. The second kappa shape index (κ2) is 45.2. The molecule has 18 nitrogen and oxygen atoms in total. The number of nitrogens with zero attached hydrogens (tertiary/aromatic N) is 2. The van der Waals surface area contributed by atoms with E-state index in [0.29, 0.717) is 36.8 Å². The minimum Gasteiger partial charge on any atom is -0.466 e. The third-order valence-electron chi connectivity index (χ3n) is 9.32. The Morgan fingerprint density at radius 2 is 0.861 bits per heavy atom. The SMILES string of the molecule is CCOC(=O)C[C@H](N)c1c[c-]ccc1.CCOC(=O)C[C@H](NC(=O)OC(C)(C)C)c1c[c-]cc(C)c1.[C-]#[N+]c1c[c-]cc([C@@H](N)CC(=O)OCC)c1.[C-]#[N+]c1c[c-]cc([C@H](CC(=O)OCC)NC(=O)OC(C)(C)C)c1.[Y].[Y].[Y].[Y]. The maximum atomic E-state index is 12.0. The summed E-state index contributed by atoms with van der Waals surface area (Å²) in [6, 6.07) is 32.1. The van der Waals surface area contributed by atoms with Crippen molar-refractivity contribution in [2.24, 2.45) is 11.5 Å². The summed E-state index contributed by atoms with van der Waals surface area (Å²) in [6.07, 6.45) is -0.884. The van der Waals surface area contributed by atoms with Crippen LogP contribution in [0.2, 0.25) is 0 Å². The summed E-state index contributed by atoms with van der Waals surface area (Å²) in [6.45, 7) is 34.7. The number of nitrogens with one attached hydrogen (secondary N) is 2. The van der Waals surface area contributed by atoms with Gasteiger partial charge in [0.15, 0.2) is 0 Å². The molecule has 0 spiro atoms. The zero-order valence-electron chi connectivity index (χ0n) is 47.2. The quantitative estimate of drug-likeness (QED) is 0.0412. The summed E-state index contributed by atoms with van der Waals surface area (Å²) in [5.41, 5.74) is 15.2. The Hall–Kier alpha value is -3.38. The Morgan fingerprint density at radius 1 is 0.519 bits per heavy atom. The van der Waals surface area contributed by atoms with Gasteiger partial charge in [0.05, 0.1) is 52.1 Å². The van der Waals surface area contributed by atoms with Crippen molar-refractivity contribution in [3.8, 4) is 0 Å². The molecular weight excluding hydrogens is 1320 g/mol. The van der Waals surface area contributed by atoms with Gasteiger partial charge in [0.2, 0.25) is 11.4 Å². The molecule has 0 unspecified atom stereocenters. The molecule has 4 radical (unpaired) electrons. The number of aryl methyl sites for hydroxylation is 1. The molecule has 0 bridgehead atoms. The maximum absolute atomic E-state index is 12.0. The molecule has 6 N–H and O–H groups in total. The number of rotatable bonds is 18. The number of carbonyl (C=O) groups excluding carboxylic acids is 6. The van der Waals surface area contributed by atoms with E-state index in [4.69, 9.17) is 53.0 Å². The fourth-order valence-electron chi connectivity index (χ4n) is 6.17. The van der Waals surface area contributed by atoms with Crippen molar-refractivity contribution in [3.63, 3.8) is 0 Å². The van der Waals surface area contributed by atoms with E-state index < -0.39 is 47.5 Å². The molecule has 0 aliphatic heterocycles. The number of ether oxygens (including phenoxy) is 6. The van der Waals surface area contributed by atoms with Gasteiger partial charge in [-0.3, -0.25) is 19.2 Å². The van der Waals surface area contributed by atoms with Crippen LogP contribution in [0, 0.1) is 44.3 Å². The van der Waals surface area contributed by atoms with Crippen molar-refractivity contribution in [2.75, 3.05) is 26.4 Å². The van der Waals surface area contributed by atoms with Crippen LogP contribution >= 0.6 is 0 Å². The third-order valence-corrected chi connectivity index (χ3v) is 9.32. The predicted molar refractivity (Wildman–Crippen MR) is 281 cm³/mol. The van der Waals surface area contributed by atoms with E-state index in [-0.39, 0.29) is 187 Å². The predicted octanol–water partition coefficient (Wildman–Crippen LogP) is 10.3. The van der Waals surface area contributed by atoms with Gasteiger partial charge in [0.1, 0.15) is 24.3 Å². The molecule has 0 aromatic heterocycles. The van der Waals surface area contributed by atoms with E-state index in [0.717, 1.165) is 22.3 Å². The van der Waals surface area contributed by atoms with Gasteiger partial charge < -0.3 is 50.5 Å². The molecule has 4 rings (SSSR count). The van der Waals surface area contributed by atoms with Crippen LogP contribution in [0.4, 0.5) is 21.0 Å². The van der Waals surface area contributed by atoms with Crippen LogP contribution in [0.15, 0.2) is 78.9 Å². The molecular formula is C57H72N6O12Y4-4. The zero-order valence-corrected chi connectivity index (χ0v) is 58.6. The van der Waals surface area contributed by atoms with E-state index in [2.05, 4.69) is 44.6 Å². The molecule has 418 valence electrons. The summed E-state index contributed by atoms with van der Waals surface area (Å²) in [5.74, 6) is -1.40. The van der Waals surface area contributed by atoms with E-state index in [1.807, 2.05) is 31.2 Å². The van der Waals surface area contributed by atoms with Crippen molar-refractivity contribution >= 4 is 47.4 Å². The number of nitrogens with two attached hydrogens (primary N) is 2. The van der Waals surface area contributed by atoms with E-state index in [9.17, 15) is 28.8 Å². The Balaban J connectivity index is -0.000000475. The normalized spacial score (nSPS) is 11.4. The van der Waals surface area contributed by atoms with Crippen molar-refractivity contribution in [1.29, 1.82) is 0 Å². The minimum absolute atomic E-state index is 0. The van der Waals surface area contributed by atoms with Crippen LogP contribution in [0.3, 0.4) is 0 Å². The van der Waals surface area contributed by atoms with Gasteiger partial charge in [-0.2, -0.15) is 84.4 Å². The van der Waals surface area contributed by atoms with Crippen LogP contribution in [0.25, 0.3) is 9.69 Å². The molecule has 4 atom stereocenters. The molecule has 0 saturated carbocycles. The monoisotopic (exact) mass is 1390 g/mol. The molecule has 2 amide bonds. The zero-order chi connectivity index (χ0) is 56.6. The largest absolute Gasteiger partial charge is 0.466 e. The van der Waals surface area contributed by atoms with Crippen LogP contribution in [0.5, 0.6) is 0 Å². The Kier molecular flexibility index (Phi) is 46.9. The first-order chi connectivity index (χ1) is 35.4. The van der Waals surface area contributed by atoms with Crippen molar-refractivity contribution in [2.45, 2.75) is 137 Å². The standard InChI is InChI=1S/C17H21N2O4.C17H24NO4.C12H13N2O2.C11H14NO2.4Y/c1-6-22-15(20)11-14(19-16(21)23-17(2,3)4)12-8-7-9-13(10-12)18-5;1-6-21-15(19)11-14(13-9-7-8-12(2)10-13)18-16(20)22-17(3,4)5;1-3-16-12(15)8-11(13)9-5-4-6-10(7-9)14-2;1-2-14-11(13)8-10(12)9-6-4-3-5-7-9;;;;/h8-10,14H,6,11H2,1-4H3,(H,19,21);8-10,14H,6,11H2,1-5H3,(H,18,20);5-7,11H,3,8,13H2,1H3;3-4,6-7,10H,2,8,12H2,1H3;;;;/q4*-1;;;;/t2*14-;11-;10-;;;;/m0000..../s1. The molecule has 0 saturated heterocycles.